The molecule has 0 amide bonds. The first kappa shape index (κ1) is 14.8. The van der Waals surface area contributed by atoms with Crippen LogP contribution >= 0.6 is 11.8 Å². The van der Waals surface area contributed by atoms with E-state index in [1.54, 1.807) is 12.1 Å². The van der Waals surface area contributed by atoms with Crippen molar-refractivity contribution in [1.82, 2.24) is 10.2 Å². The topological polar surface area (TPSA) is 15.3 Å². The Labute approximate surface area is 119 Å². The lowest BCUT2D eigenvalue weighted by Gasteiger charge is -2.31. The van der Waals surface area contributed by atoms with Gasteiger partial charge in [-0.05, 0) is 31.2 Å². The number of hydrogen-bond acceptors (Lipinski definition) is 3. The standard InChI is InChI=1S/C15H23FN2S/c1-12-11-18(8-9-19-12)7-6-15(17-2)13-4-3-5-14(16)10-13/h3-5,10,12,15,17H,6-9,11H2,1-2H3. The summed E-state index contributed by atoms with van der Waals surface area (Å²) in [6, 6.07) is 7.16. The fourth-order valence-electron chi connectivity index (χ4n) is 2.61. The van der Waals surface area contributed by atoms with E-state index >= 15 is 0 Å². The van der Waals surface area contributed by atoms with Gasteiger partial charge in [-0.25, -0.2) is 4.39 Å². The molecule has 1 heterocycles. The lowest BCUT2D eigenvalue weighted by molar-refractivity contribution is 0.269. The van der Waals surface area contributed by atoms with Gasteiger partial charge in [0.25, 0.3) is 0 Å². The summed E-state index contributed by atoms with van der Waals surface area (Å²) in [6.07, 6.45) is 1.03. The van der Waals surface area contributed by atoms with E-state index in [1.807, 2.05) is 13.1 Å². The van der Waals surface area contributed by atoms with Crippen molar-refractivity contribution in [2.24, 2.45) is 0 Å². The van der Waals surface area contributed by atoms with Crippen LogP contribution in [0.5, 0.6) is 0 Å². The molecule has 0 spiro atoms. The van der Waals surface area contributed by atoms with Gasteiger partial charge in [0.2, 0.25) is 0 Å². The van der Waals surface area contributed by atoms with Crippen LogP contribution in [-0.2, 0) is 0 Å². The van der Waals surface area contributed by atoms with Crippen LogP contribution in [0.4, 0.5) is 4.39 Å². The second-order valence-electron chi connectivity index (χ2n) is 5.17. The minimum Gasteiger partial charge on any atom is -0.313 e. The van der Waals surface area contributed by atoms with Crippen molar-refractivity contribution in [3.63, 3.8) is 0 Å². The fourth-order valence-corrected chi connectivity index (χ4v) is 3.69. The Morgan fingerprint density at radius 3 is 3.05 bits per heavy atom. The van der Waals surface area contributed by atoms with Crippen LogP contribution in [0.25, 0.3) is 0 Å². The molecule has 1 aliphatic heterocycles. The van der Waals surface area contributed by atoms with E-state index in [0.717, 1.165) is 23.8 Å². The molecule has 106 valence electrons. The number of rotatable bonds is 5. The number of thioether (sulfide) groups is 1. The molecule has 0 radical (unpaired) electrons. The van der Waals surface area contributed by atoms with Crippen molar-refractivity contribution >= 4 is 11.8 Å². The lowest BCUT2D eigenvalue weighted by atomic mass is 10.0. The van der Waals surface area contributed by atoms with E-state index in [2.05, 4.69) is 28.9 Å². The average molecular weight is 282 g/mol. The monoisotopic (exact) mass is 282 g/mol. The summed E-state index contributed by atoms with van der Waals surface area (Å²) in [5.74, 6) is 1.08. The zero-order valence-electron chi connectivity index (χ0n) is 11.7. The van der Waals surface area contributed by atoms with Gasteiger partial charge in [-0.2, -0.15) is 11.8 Å². The van der Waals surface area contributed by atoms with Crippen molar-refractivity contribution in [2.45, 2.75) is 24.6 Å². The molecule has 1 fully saturated rings. The van der Waals surface area contributed by atoms with Gasteiger partial charge in [-0.3, -0.25) is 0 Å². The van der Waals surface area contributed by atoms with E-state index in [-0.39, 0.29) is 11.9 Å². The molecule has 0 saturated carbocycles. The van der Waals surface area contributed by atoms with Gasteiger partial charge in [0.1, 0.15) is 5.82 Å². The van der Waals surface area contributed by atoms with Gasteiger partial charge < -0.3 is 10.2 Å². The zero-order chi connectivity index (χ0) is 13.7. The Morgan fingerprint density at radius 1 is 1.53 bits per heavy atom. The molecular formula is C15H23FN2S. The van der Waals surface area contributed by atoms with Crippen molar-refractivity contribution in [2.75, 3.05) is 32.4 Å². The normalized spacial score (nSPS) is 22.4. The smallest absolute Gasteiger partial charge is 0.123 e. The van der Waals surface area contributed by atoms with Crippen LogP contribution in [0.3, 0.4) is 0 Å². The first-order valence-electron chi connectivity index (χ1n) is 6.95. The molecule has 1 aliphatic rings. The molecular weight excluding hydrogens is 259 g/mol. The van der Waals surface area contributed by atoms with Crippen LogP contribution in [0, 0.1) is 5.82 Å². The molecule has 1 aromatic rings. The van der Waals surface area contributed by atoms with Crippen molar-refractivity contribution in [1.29, 1.82) is 0 Å². The second kappa shape index (κ2) is 7.27. The SMILES string of the molecule is CNC(CCN1CCSC(C)C1)c1cccc(F)c1. The van der Waals surface area contributed by atoms with Gasteiger partial charge in [0.15, 0.2) is 0 Å². The van der Waals surface area contributed by atoms with E-state index in [0.29, 0.717) is 0 Å². The quantitative estimate of drug-likeness (QED) is 0.894. The van der Waals surface area contributed by atoms with Crippen LogP contribution in [-0.4, -0.2) is 42.6 Å². The summed E-state index contributed by atoms with van der Waals surface area (Å²) in [6.45, 7) is 5.71. The summed E-state index contributed by atoms with van der Waals surface area (Å²) in [7, 11) is 1.95. The molecule has 19 heavy (non-hydrogen) atoms. The molecule has 1 saturated heterocycles. The number of hydrogen-bond donors (Lipinski definition) is 1. The molecule has 2 nitrogen and oxygen atoms in total. The molecule has 4 heteroatoms. The second-order valence-corrected chi connectivity index (χ2v) is 6.71. The molecule has 1 aromatic carbocycles. The maximum atomic E-state index is 13.3. The minimum atomic E-state index is -0.152. The Hall–Kier alpha value is -0.580. The fraction of sp³-hybridized carbons (Fsp3) is 0.600. The average Bonchev–Trinajstić information content (AvgIpc) is 2.40. The largest absolute Gasteiger partial charge is 0.313 e. The maximum Gasteiger partial charge on any atom is 0.123 e. The molecule has 2 atom stereocenters. The zero-order valence-corrected chi connectivity index (χ0v) is 12.5. The summed E-state index contributed by atoms with van der Waals surface area (Å²) in [5, 5.41) is 4.03. The van der Waals surface area contributed by atoms with Gasteiger partial charge in [-0.15, -0.1) is 0 Å². The third kappa shape index (κ3) is 4.48. The van der Waals surface area contributed by atoms with E-state index < -0.39 is 0 Å². The predicted octanol–water partition coefficient (Wildman–Crippen LogP) is 2.91. The van der Waals surface area contributed by atoms with E-state index in [4.69, 9.17) is 0 Å². The first-order chi connectivity index (χ1) is 9.19. The predicted molar refractivity (Wildman–Crippen MR) is 81.2 cm³/mol. The van der Waals surface area contributed by atoms with Crippen LogP contribution < -0.4 is 5.32 Å². The third-order valence-electron chi connectivity index (χ3n) is 3.66. The van der Waals surface area contributed by atoms with Gasteiger partial charge >= 0.3 is 0 Å². The summed E-state index contributed by atoms with van der Waals surface area (Å²) in [5.41, 5.74) is 1.04. The highest BCUT2D eigenvalue weighted by Crippen LogP contribution is 2.21. The van der Waals surface area contributed by atoms with Gasteiger partial charge in [0, 0.05) is 36.7 Å². The highest BCUT2D eigenvalue weighted by molar-refractivity contribution is 7.99. The molecule has 0 aliphatic carbocycles. The molecule has 0 bridgehead atoms. The van der Waals surface area contributed by atoms with Crippen LogP contribution in [0.2, 0.25) is 0 Å². The molecule has 2 rings (SSSR count). The minimum absolute atomic E-state index is 0.152. The first-order valence-corrected chi connectivity index (χ1v) is 8.00. The van der Waals surface area contributed by atoms with Gasteiger partial charge in [-0.1, -0.05) is 19.1 Å². The lowest BCUT2D eigenvalue weighted by Crippen LogP contribution is -2.38. The molecule has 0 aromatic heterocycles. The summed E-state index contributed by atoms with van der Waals surface area (Å²) < 4.78 is 13.3. The van der Waals surface area contributed by atoms with Crippen LogP contribution in [0.15, 0.2) is 24.3 Å². The number of halogens is 1. The third-order valence-corrected chi connectivity index (χ3v) is 4.80. The Balaban J connectivity index is 1.89. The maximum absolute atomic E-state index is 13.3. The van der Waals surface area contributed by atoms with Crippen molar-refractivity contribution in [3.05, 3.63) is 35.6 Å². The number of nitrogens with one attached hydrogen (secondary N) is 1. The van der Waals surface area contributed by atoms with Crippen LogP contribution in [0.1, 0.15) is 24.9 Å². The Morgan fingerprint density at radius 2 is 2.37 bits per heavy atom. The number of nitrogens with zero attached hydrogens (tertiary/aromatic N) is 1. The number of benzene rings is 1. The van der Waals surface area contributed by atoms with E-state index in [9.17, 15) is 4.39 Å². The summed E-state index contributed by atoms with van der Waals surface area (Å²) >= 11 is 2.05. The molecule has 1 N–H and O–H groups in total. The molecule has 2 unspecified atom stereocenters. The van der Waals surface area contributed by atoms with E-state index in [1.165, 1.54) is 24.9 Å². The Bertz CT molecular complexity index is 399. The highest BCUT2D eigenvalue weighted by Gasteiger charge is 2.18. The Kier molecular flexibility index (Phi) is 5.67. The van der Waals surface area contributed by atoms with Crippen molar-refractivity contribution in [3.8, 4) is 0 Å². The van der Waals surface area contributed by atoms with Gasteiger partial charge in [0.05, 0.1) is 0 Å². The highest BCUT2D eigenvalue weighted by atomic mass is 32.2. The summed E-state index contributed by atoms with van der Waals surface area (Å²) in [4.78, 5) is 2.52. The van der Waals surface area contributed by atoms with Crippen molar-refractivity contribution < 1.29 is 4.39 Å².